The number of rotatable bonds is 10. The third kappa shape index (κ3) is 7.73. The van der Waals surface area contributed by atoms with Gasteiger partial charge in [0.25, 0.3) is 0 Å². The SMILES string of the molecule is CCC1(CC)c2ccc([n-]2)C(CC)(CC)c2ccc(o2)C(CC)(CC)c2ccc([n-]2)C(CC)(CC)c2ccc1o2.C[Si](C)(C)[N-][Si](C)(C)C.[Sm+3]. The molecule has 0 atom stereocenters. The fourth-order valence-electron chi connectivity index (χ4n) is 8.85. The number of aromatic nitrogens is 2. The Labute approximate surface area is 339 Å². The van der Waals surface area contributed by atoms with Gasteiger partial charge in [-0.25, -0.2) is 0 Å². The first-order chi connectivity index (χ1) is 23.0. The Morgan fingerprint density at radius 3 is 0.760 bits per heavy atom. The van der Waals surface area contributed by atoms with E-state index in [0.29, 0.717) is 0 Å². The maximum Gasteiger partial charge on any atom is 3.00 e. The zero-order valence-electron chi connectivity index (χ0n) is 33.8. The molecule has 4 aromatic heterocycles. The molecule has 1 radical (unpaired) electrons. The van der Waals surface area contributed by atoms with E-state index in [1.54, 1.807) is 0 Å². The Morgan fingerprint density at radius 2 is 0.620 bits per heavy atom. The van der Waals surface area contributed by atoms with E-state index in [9.17, 15) is 0 Å². The number of fused-ring (bicyclic) bond motifs is 8. The third-order valence-corrected chi connectivity index (χ3v) is 17.2. The summed E-state index contributed by atoms with van der Waals surface area (Å²) in [5.74, 6) is 4.05. The molecule has 0 fully saturated rings. The first-order valence-electron chi connectivity index (χ1n) is 19.3. The molecule has 5 heterocycles. The molecule has 0 spiro atoms. The summed E-state index contributed by atoms with van der Waals surface area (Å²) in [6, 6.07) is 17.8. The minimum atomic E-state index is -1.11. The second-order valence-corrected chi connectivity index (χ2v) is 25.9. The predicted octanol–water partition coefficient (Wildman–Crippen LogP) is 12.6. The van der Waals surface area contributed by atoms with Gasteiger partial charge in [0.1, 0.15) is 23.0 Å². The zero-order chi connectivity index (χ0) is 36.5. The molecule has 0 saturated carbocycles. The van der Waals surface area contributed by atoms with Crippen LogP contribution in [0, 0.1) is 40.4 Å². The molecule has 0 aliphatic carbocycles. The average molecular weight is 852 g/mol. The molecule has 8 heteroatoms. The number of furan rings is 2. The molecule has 275 valence electrons. The van der Waals surface area contributed by atoms with Gasteiger partial charge in [0.05, 0.1) is 0 Å². The van der Waals surface area contributed by atoms with Gasteiger partial charge in [0.2, 0.25) is 0 Å². The Hall–Kier alpha value is -1.15. The van der Waals surface area contributed by atoms with Gasteiger partial charge in [0, 0.05) is 21.7 Å². The van der Waals surface area contributed by atoms with Gasteiger partial charge in [-0.2, -0.15) is 0 Å². The van der Waals surface area contributed by atoms with Crippen molar-refractivity contribution in [3.63, 3.8) is 0 Å². The molecule has 0 unspecified atom stereocenters. The summed E-state index contributed by atoms with van der Waals surface area (Å²) in [7, 11) is -2.21. The van der Waals surface area contributed by atoms with E-state index in [1.807, 2.05) is 0 Å². The molecule has 0 saturated heterocycles. The van der Waals surface area contributed by atoms with Crippen LogP contribution in [0.4, 0.5) is 0 Å². The van der Waals surface area contributed by atoms with Gasteiger partial charge >= 0.3 is 40.4 Å². The summed E-state index contributed by atoms with van der Waals surface area (Å²) >= 11 is 0. The van der Waals surface area contributed by atoms with Gasteiger partial charge in [-0.05, 0) is 75.6 Å². The van der Waals surface area contributed by atoms with E-state index < -0.39 is 16.5 Å². The molecule has 1 aliphatic heterocycles. The van der Waals surface area contributed by atoms with Crippen molar-refractivity contribution in [2.24, 2.45) is 0 Å². The number of nitrogens with zero attached hydrogens (tertiary/aromatic N) is 3. The molecular formula is C42H66N3O2Si2Sm. The molecule has 0 aromatic carbocycles. The molecule has 0 N–H and O–H groups in total. The van der Waals surface area contributed by atoms with Crippen molar-refractivity contribution in [1.82, 2.24) is 9.97 Å². The maximum atomic E-state index is 6.95. The van der Waals surface area contributed by atoms with Crippen LogP contribution in [0.2, 0.25) is 39.3 Å². The first-order valence-corrected chi connectivity index (χ1v) is 26.2. The summed E-state index contributed by atoms with van der Waals surface area (Å²) in [6.07, 6.45) is 7.35. The number of hydrogen-bond donors (Lipinski definition) is 0. The van der Waals surface area contributed by atoms with E-state index in [2.05, 4.69) is 143 Å². The second kappa shape index (κ2) is 16.5. The van der Waals surface area contributed by atoms with Crippen LogP contribution in [0.3, 0.4) is 0 Å². The van der Waals surface area contributed by atoms with E-state index in [4.69, 9.17) is 23.5 Å². The van der Waals surface area contributed by atoms with E-state index in [-0.39, 0.29) is 62.0 Å². The number of hydrogen-bond acceptors (Lipinski definition) is 2. The second-order valence-electron chi connectivity index (χ2n) is 16.4. The summed E-state index contributed by atoms with van der Waals surface area (Å²) in [6.45, 7) is 31.9. The van der Waals surface area contributed by atoms with Gasteiger partial charge in [-0.3, -0.25) is 0 Å². The van der Waals surface area contributed by atoms with Crippen LogP contribution in [0.15, 0.2) is 57.4 Å². The molecule has 0 amide bonds. The van der Waals surface area contributed by atoms with Gasteiger partial charge in [-0.15, -0.1) is 22.8 Å². The molecule has 8 bridgehead atoms. The van der Waals surface area contributed by atoms with Crippen LogP contribution in [-0.4, -0.2) is 16.5 Å². The van der Waals surface area contributed by atoms with Crippen molar-refractivity contribution in [1.29, 1.82) is 0 Å². The largest absolute Gasteiger partial charge is 3.00 e. The zero-order valence-corrected chi connectivity index (χ0v) is 38.5. The van der Waals surface area contributed by atoms with Crippen LogP contribution < -0.4 is 9.97 Å². The summed E-state index contributed by atoms with van der Waals surface area (Å²) in [4.78, 5) is 10.9. The fraction of sp³-hybridized carbons (Fsp3) is 0.619. The minimum absolute atomic E-state index is 0. The van der Waals surface area contributed by atoms with Crippen molar-refractivity contribution in [2.75, 3.05) is 0 Å². The normalized spacial score (nSPS) is 17.4. The molecule has 50 heavy (non-hydrogen) atoms. The van der Waals surface area contributed by atoms with Crippen LogP contribution >= 0.6 is 0 Å². The summed E-state index contributed by atoms with van der Waals surface area (Å²) < 4.78 is 18.7. The van der Waals surface area contributed by atoms with Crippen LogP contribution in [0.5, 0.6) is 0 Å². The molecular weight excluding hydrogens is 785 g/mol. The van der Waals surface area contributed by atoms with E-state index >= 15 is 0 Å². The van der Waals surface area contributed by atoms with Crippen LogP contribution in [0.1, 0.15) is 153 Å². The van der Waals surface area contributed by atoms with Crippen LogP contribution in [-0.2, 0) is 21.7 Å². The van der Waals surface area contributed by atoms with Crippen molar-refractivity contribution < 1.29 is 49.2 Å². The fourth-order valence-corrected chi connectivity index (χ4v) is 16.9. The maximum absolute atomic E-state index is 6.95. The van der Waals surface area contributed by atoms with Crippen molar-refractivity contribution in [3.05, 3.63) is 99.0 Å². The van der Waals surface area contributed by atoms with Crippen molar-refractivity contribution in [3.8, 4) is 0 Å². The molecule has 5 rings (SSSR count). The molecule has 5 nitrogen and oxygen atoms in total. The van der Waals surface area contributed by atoms with Crippen LogP contribution in [0.25, 0.3) is 4.65 Å². The minimum Gasteiger partial charge on any atom is -0.668 e. The Kier molecular flexibility index (Phi) is 14.3. The summed E-state index contributed by atoms with van der Waals surface area (Å²) in [5.41, 5.74) is 3.26. The monoisotopic (exact) mass is 852 g/mol. The van der Waals surface area contributed by atoms with Gasteiger partial charge in [0.15, 0.2) is 0 Å². The Morgan fingerprint density at radius 1 is 0.420 bits per heavy atom. The topological polar surface area (TPSA) is 68.6 Å². The molecule has 4 aromatic rings. The first kappa shape index (κ1) is 43.3. The molecule has 1 aliphatic rings. The van der Waals surface area contributed by atoms with Crippen molar-refractivity contribution in [2.45, 2.75) is 168 Å². The summed E-state index contributed by atoms with van der Waals surface area (Å²) in [5, 5.41) is 0. The predicted molar refractivity (Wildman–Crippen MR) is 212 cm³/mol. The average Bonchev–Trinajstić information content (AvgIpc) is 3.88. The third-order valence-electron chi connectivity index (χ3n) is 11.8. The van der Waals surface area contributed by atoms with Gasteiger partial charge in [-0.1, -0.05) is 135 Å². The van der Waals surface area contributed by atoms with Gasteiger partial charge < -0.3 is 23.5 Å². The van der Waals surface area contributed by atoms with Crippen molar-refractivity contribution >= 4 is 16.5 Å². The standard InChI is InChI=1S/C36H48N2O2.C6H18NSi2.Sm/c1-9-33(10-2)25-17-18-26(37-25)34(11-3,12-4)31-23-24-32(40-31)36(15-7,16-8)28-20-19-27(38-28)35(13-5,14-6)30-22-21-29(33)39-30;1-8(2,3)7-9(4,5)6;/h17-24H,9-16H2,1-8H3;1-6H3;/q-2;-1;+3. The quantitative estimate of drug-likeness (QED) is 0.149. The smallest absolute Gasteiger partial charge is 0.668 e. The van der Waals surface area contributed by atoms with E-state index in [1.165, 1.54) is 0 Å². The Bertz CT molecular complexity index is 1320. The Balaban J connectivity index is 0.000000597. The van der Waals surface area contributed by atoms with E-state index in [0.717, 1.165) is 97.2 Å².